The van der Waals surface area contributed by atoms with Gasteiger partial charge in [-0.15, -0.1) is 0 Å². The number of nitrogens with zero attached hydrogens (tertiary/aromatic N) is 1. The molecule has 134 valence electrons. The number of hydrogen-bond donors (Lipinski definition) is 1. The molecule has 26 heavy (non-hydrogen) atoms. The molecule has 1 heterocycles. The van der Waals surface area contributed by atoms with E-state index in [9.17, 15) is 4.79 Å². The monoisotopic (exact) mass is 348 g/mol. The molecule has 4 heteroatoms. The molecular formula is C22H24N2O2. The van der Waals surface area contributed by atoms with Gasteiger partial charge in [0.25, 0.3) is 0 Å². The smallest absolute Gasteiger partial charge is 0.227 e. The first-order chi connectivity index (χ1) is 12.8. The van der Waals surface area contributed by atoms with Crippen molar-refractivity contribution in [2.75, 3.05) is 6.54 Å². The average molecular weight is 348 g/mol. The van der Waals surface area contributed by atoms with Gasteiger partial charge in [-0.1, -0.05) is 59.8 Å². The minimum atomic E-state index is -0.0389. The number of aryl methyl sites for hydroxylation is 1. The number of rotatable bonds is 5. The van der Waals surface area contributed by atoms with Crippen LogP contribution in [0.1, 0.15) is 41.9 Å². The Morgan fingerprint density at radius 2 is 1.92 bits per heavy atom. The van der Waals surface area contributed by atoms with Crippen molar-refractivity contribution in [2.45, 2.75) is 44.1 Å². The van der Waals surface area contributed by atoms with Gasteiger partial charge in [0.15, 0.2) is 0 Å². The molecule has 4 nitrogen and oxygen atoms in total. The summed E-state index contributed by atoms with van der Waals surface area (Å²) >= 11 is 0. The maximum Gasteiger partial charge on any atom is 0.227 e. The topological polar surface area (TPSA) is 50.7 Å². The third-order valence-corrected chi connectivity index (χ3v) is 5.25. The zero-order chi connectivity index (χ0) is 17.8. The van der Waals surface area contributed by atoms with Crippen LogP contribution >= 0.6 is 0 Å². The quantitative estimate of drug-likeness (QED) is 0.897. The van der Waals surface area contributed by atoms with Gasteiger partial charge in [0.1, 0.15) is 6.10 Å². The minimum Gasteiger partial charge on any atom is -0.392 e. The molecule has 0 spiro atoms. The standard InChI is InChI=1S/C22H24N2O2/c25-22(21-12-6-10-17-9-4-5-11-20(17)21)23-15-18-14-19(26-24-18)13-16-7-2-1-3-8-16/h1-5,7-9,11,19,21H,6,10,12-15H2,(H,23,25). The van der Waals surface area contributed by atoms with E-state index in [2.05, 4.69) is 40.8 Å². The van der Waals surface area contributed by atoms with Gasteiger partial charge in [-0.25, -0.2) is 0 Å². The maximum absolute atomic E-state index is 12.7. The number of benzene rings is 2. The number of hydrogen-bond acceptors (Lipinski definition) is 3. The van der Waals surface area contributed by atoms with E-state index in [4.69, 9.17) is 4.84 Å². The van der Waals surface area contributed by atoms with E-state index in [1.54, 1.807) is 0 Å². The molecular weight excluding hydrogens is 324 g/mol. The normalized spacial score (nSPS) is 21.5. The van der Waals surface area contributed by atoms with E-state index in [-0.39, 0.29) is 17.9 Å². The van der Waals surface area contributed by atoms with E-state index < -0.39 is 0 Å². The number of carbonyl (C=O) groups is 1. The zero-order valence-electron chi connectivity index (χ0n) is 14.9. The Labute approximate surface area is 154 Å². The Hall–Kier alpha value is -2.62. The van der Waals surface area contributed by atoms with Crippen molar-refractivity contribution in [3.05, 3.63) is 71.3 Å². The fourth-order valence-electron chi connectivity index (χ4n) is 3.92. The molecule has 1 amide bonds. The summed E-state index contributed by atoms with van der Waals surface area (Å²) < 4.78 is 0. The van der Waals surface area contributed by atoms with Gasteiger partial charge >= 0.3 is 0 Å². The molecule has 0 saturated carbocycles. The highest BCUT2D eigenvalue weighted by atomic mass is 16.6. The third-order valence-electron chi connectivity index (χ3n) is 5.25. The fraction of sp³-hybridized carbons (Fsp3) is 0.364. The highest BCUT2D eigenvalue weighted by Crippen LogP contribution is 2.31. The van der Waals surface area contributed by atoms with Gasteiger partial charge in [-0.05, 0) is 36.0 Å². The molecule has 4 rings (SSSR count). The van der Waals surface area contributed by atoms with E-state index in [1.807, 2.05) is 24.3 Å². The van der Waals surface area contributed by atoms with Crippen LogP contribution in [0.25, 0.3) is 0 Å². The summed E-state index contributed by atoms with van der Waals surface area (Å²) in [6.45, 7) is 0.475. The van der Waals surface area contributed by atoms with Crippen molar-refractivity contribution in [1.29, 1.82) is 0 Å². The average Bonchev–Trinajstić information content (AvgIpc) is 3.14. The molecule has 1 N–H and O–H groups in total. The van der Waals surface area contributed by atoms with E-state index in [1.165, 1.54) is 16.7 Å². The number of nitrogens with one attached hydrogen (secondary N) is 1. The molecule has 0 fully saturated rings. The molecule has 2 aromatic rings. The zero-order valence-corrected chi connectivity index (χ0v) is 14.9. The van der Waals surface area contributed by atoms with Crippen molar-refractivity contribution in [3.63, 3.8) is 0 Å². The van der Waals surface area contributed by atoms with Crippen LogP contribution in [0, 0.1) is 0 Å². The third kappa shape index (κ3) is 3.79. The summed E-state index contributed by atoms with van der Waals surface area (Å²) in [6, 6.07) is 18.6. The lowest BCUT2D eigenvalue weighted by Crippen LogP contribution is -2.35. The molecule has 0 bridgehead atoms. The van der Waals surface area contributed by atoms with Crippen LogP contribution in [0.2, 0.25) is 0 Å². The van der Waals surface area contributed by atoms with Crippen LogP contribution < -0.4 is 5.32 Å². The Morgan fingerprint density at radius 1 is 1.12 bits per heavy atom. The van der Waals surface area contributed by atoms with Crippen LogP contribution in [0.4, 0.5) is 0 Å². The molecule has 1 aliphatic carbocycles. The molecule has 0 saturated heterocycles. The Morgan fingerprint density at radius 3 is 2.81 bits per heavy atom. The lowest BCUT2D eigenvalue weighted by molar-refractivity contribution is -0.122. The second-order valence-corrected chi connectivity index (χ2v) is 7.14. The largest absolute Gasteiger partial charge is 0.392 e. The predicted molar refractivity (Wildman–Crippen MR) is 102 cm³/mol. The summed E-state index contributed by atoms with van der Waals surface area (Å²) in [5.74, 6) is 0.0642. The van der Waals surface area contributed by atoms with Crippen molar-refractivity contribution in [1.82, 2.24) is 5.32 Å². The maximum atomic E-state index is 12.7. The Kier molecular flexibility index (Phi) is 5.00. The van der Waals surface area contributed by atoms with E-state index in [0.717, 1.165) is 37.8 Å². The van der Waals surface area contributed by atoms with Gasteiger partial charge in [0, 0.05) is 12.8 Å². The number of carbonyl (C=O) groups excluding carboxylic acids is 1. The summed E-state index contributed by atoms with van der Waals surface area (Å²) in [5.41, 5.74) is 4.66. The van der Waals surface area contributed by atoms with Gasteiger partial charge in [0.2, 0.25) is 5.91 Å². The SMILES string of the molecule is O=C(NCC1=NOC(Cc2ccccc2)C1)C1CCCc2ccccc21. The van der Waals surface area contributed by atoms with Crippen molar-refractivity contribution in [3.8, 4) is 0 Å². The van der Waals surface area contributed by atoms with Gasteiger partial charge in [0.05, 0.1) is 18.2 Å². The molecule has 1 aliphatic heterocycles. The van der Waals surface area contributed by atoms with Gasteiger partial charge < -0.3 is 10.2 Å². The minimum absolute atomic E-state index is 0.0389. The van der Waals surface area contributed by atoms with Crippen molar-refractivity contribution >= 4 is 11.6 Å². The fourth-order valence-corrected chi connectivity index (χ4v) is 3.92. The highest BCUT2D eigenvalue weighted by molar-refractivity contribution is 5.92. The molecule has 0 aromatic heterocycles. The van der Waals surface area contributed by atoms with Crippen LogP contribution in [0.5, 0.6) is 0 Å². The summed E-state index contributed by atoms with van der Waals surface area (Å²) in [6.07, 6.45) is 4.75. The lowest BCUT2D eigenvalue weighted by Gasteiger charge is -2.24. The van der Waals surface area contributed by atoms with Gasteiger partial charge in [-0.3, -0.25) is 4.79 Å². The Balaban J connectivity index is 1.29. The first kappa shape index (κ1) is 16.8. The molecule has 2 aromatic carbocycles. The number of amides is 1. The molecule has 2 unspecified atom stereocenters. The van der Waals surface area contributed by atoms with Crippen molar-refractivity contribution < 1.29 is 9.63 Å². The van der Waals surface area contributed by atoms with Crippen molar-refractivity contribution in [2.24, 2.45) is 5.16 Å². The van der Waals surface area contributed by atoms with E-state index >= 15 is 0 Å². The van der Waals surface area contributed by atoms with Crippen LogP contribution in [0.3, 0.4) is 0 Å². The predicted octanol–water partition coefficient (Wildman–Crippen LogP) is 3.61. The highest BCUT2D eigenvalue weighted by Gasteiger charge is 2.27. The Bertz CT molecular complexity index is 801. The summed E-state index contributed by atoms with van der Waals surface area (Å²) in [7, 11) is 0. The number of fused-ring (bicyclic) bond motifs is 1. The summed E-state index contributed by atoms with van der Waals surface area (Å²) in [5, 5.41) is 7.25. The van der Waals surface area contributed by atoms with Crippen LogP contribution in [0.15, 0.2) is 59.8 Å². The molecule has 2 aliphatic rings. The second kappa shape index (κ2) is 7.73. The molecule has 2 atom stereocenters. The lowest BCUT2D eigenvalue weighted by atomic mass is 9.82. The number of oxime groups is 1. The first-order valence-electron chi connectivity index (χ1n) is 9.40. The second-order valence-electron chi connectivity index (χ2n) is 7.14. The van der Waals surface area contributed by atoms with Gasteiger partial charge in [-0.2, -0.15) is 0 Å². The van der Waals surface area contributed by atoms with Crippen LogP contribution in [-0.2, 0) is 22.5 Å². The summed E-state index contributed by atoms with van der Waals surface area (Å²) in [4.78, 5) is 18.2. The van der Waals surface area contributed by atoms with Crippen LogP contribution in [-0.4, -0.2) is 24.3 Å². The first-order valence-corrected chi connectivity index (χ1v) is 9.40. The molecule has 0 radical (unpaired) electrons. The van der Waals surface area contributed by atoms with E-state index in [0.29, 0.717) is 6.54 Å².